The lowest BCUT2D eigenvalue weighted by Gasteiger charge is -2.24. The molecule has 0 aliphatic heterocycles. The highest BCUT2D eigenvalue weighted by atomic mass is 16.4. The minimum absolute atomic E-state index is 0.136. The number of aliphatic carboxylic acids is 1. The van der Waals surface area contributed by atoms with Crippen molar-refractivity contribution in [2.45, 2.75) is 64.1 Å². The number of urea groups is 1. The monoisotopic (exact) mass is 402 g/mol. The van der Waals surface area contributed by atoms with Gasteiger partial charge in [-0.15, -0.1) is 0 Å². The molecule has 10 N–H and O–H groups in total. The summed E-state index contributed by atoms with van der Waals surface area (Å²) in [6.45, 7) is 4.19. The Balaban J connectivity index is 5.01. The van der Waals surface area contributed by atoms with Gasteiger partial charge in [-0.25, -0.2) is 9.59 Å². The smallest absolute Gasteiger partial charge is 0.326 e. The van der Waals surface area contributed by atoms with Gasteiger partial charge in [-0.05, 0) is 44.6 Å². The quantitative estimate of drug-likeness (QED) is 0.173. The molecule has 1 unspecified atom stereocenters. The lowest BCUT2D eigenvalue weighted by atomic mass is 10.0. The maximum atomic E-state index is 12.6. The van der Waals surface area contributed by atoms with Gasteiger partial charge in [-0.3, -0.25) is 9.59 Å². The van der Waals surface area contributed by atoms with Gasteiger partial charge in [0.15, 0.2) is 0 Å². The summed E-state index contributed by atoms with van der Waals surface area (Å²) in [6.07, 6.45) is 1.95. The third-order valence-electron chi connectivity index (χ3n) is 4.18. The zero-order valence-corrected chi connectivity index (χ0v) is 16.6. The minimum atomic E-state index is -1.16. The summed E-state index contributed by atoms with van der Waals surface area (Å²) in [5.41, 5.74) is 16.2. The standard InChI is InChI=1S/C17H34N6O5/c1-10(2)13(19)15(25)22-11(7-5-9-21-17(20)28)14(24)23-12(16(26)27)6-3-4-8-18/h10-13H,3-9,18-19H2,1-2H3,(H,22,25)(H,23,24)(H,26,27)(H3,20,21,28)/t11-,12-,13?/m0/s1. The van der Waals surface area contributed by atoms with Gasteiger partial charge < -0.3 is 38.3 Å². The molecule has 0 bridgehead atoms. The second-order valence-electron chi connectivity index (χ2n) is 6.95. The van der Waals surface area contributed by atoms with Crippen LogP contribution in [0.1, 0.15) is 46.0 Å². The number of unbranched alkanes of at least 4 members (excludes halogenated alkanes) is 1. The number of nitrogens with two attached hydrogens (primary N) is 3. The van der Waals surface area contributed by atoms with E-state index in [4.69, 9.17) is 17.2 Å². The molecular weight excluding hydrogens is 368 g/mol. The Morgan fingerprint density at radius 1 is 0.929 bits per heavy atom. The first kappa shape index (κ1) is 25.6. The van der Waals surface area contributed by atoms with Crippen molar-refractivity contribution >= 4 is 23.8 Å². The summed E-state index contributed by atoms with van der Waals surface area (Å²) in [5.74, 6) is -2.43. The highest BCUT2D eigenvalue weighted by Crippen LogP contribution is 2.05. The third-order valence-corrected chi connectivity index (χ3v) is 4.18. The van der Waals surface area contributed by atoms with Gasteiger partial charge in [0.05, 0.1) is 6.04 Å². The van der Waals surface area contributed by atoms with E-state index in [0.29, 0.717) is 25.8 Å². The van der Waals surface area contributed by atoms with Crippen LogP contribution in [0.3, 0.4) is 0 Å². The van der Waals surface area contributed by atoms with Gasteiger partial charge in [0.1, 0.15) is 12.1 Å². The Kier molecular flexibility index (Phi) is 12.5. The maximum absolute atomic E-state index is 12.6. The number of hydrogen-bond donors (Lipinski definition) is 7. The van der Waals surface area contributed by atoms with Crippen molar-refractivity contribution in [1.82, 2.24) is 16.0 Å². The Bertz CT molecular complexity index is 528. The molecule has 0 aromatic heterocycles. The summed E-state index contributed by atoms with van der Waals surface area (Å²) >= 11 is 0. The molecule has 0 fully saturated rings. The van der Waals surface area contributed by atoms with Crippen LogP contribution in [-0.4, -0.2) is 60.1 Å². The van der Waals surface area contributed by atoms with Gasteiger partial charge in [0, 0.05) is 6.54 Å². The van der Waals surface area contributed by atoms with E-state index >= 15 is 0 Å². The molecule has 28 heavy (non-hydrogen) atoms. The highest BCUT2D eigenvalue weighted by Gasteiger charge is 2.28. The third kappa shape index (κ3) is 10.7. The number of carbonyl (C=O) groups is 4. The molecule has 4 amide bonds. The summed E-state index contributed by atoms with van der Waals surface area (Å²) in [7, 11) is 0. The highest BCUT2D eigenvalue weighted by molar-refractivity contribution is 5.91. The minimum Gasteiger partial charge on any atom is -0.480 e. The van der Waals surface area contributed by atoms with Crippen molar-refractivity contribution in [2.75, 3.05) is 13.1 Å². The van der Waals surface area contributed by atoms with Crippen LogP contribution in [0.2, 0.25) is 0 Å². The van der Waals surface area contributed by atoms with E-state index in [-0.39, 0.29) is 25.3 Å². The van der Waals surface area contributed by atoms with Gasteiger partial charge >= 0.3 is 12.0 Å². The summed E-state index contributed by atoms with van der Waals surface area (Å²) in [6, 6.07) is -3.57. The van der Waals surface area contributed by atoms with Crippen LogP contribution in [0, 0.1) is 5.92 Å². The fourth-order valence-electron chi connectivity index (χ4n) is 2.38. The molecule has 11 heteroatoms. The van der Waals surface area contributed by atoms with Crippen LogP contribution in [-0.2, 0) is 14.4 Å². The Labute approximate surface area is 165 Å². The van der Waals surface area contributed by atoms with Crippen molar-refractivity contribution in [1.29, 1.82) is 0 Å². The average Bonchev–Trinajstić information content (AvgIpc) is 2.61. The Morgan fingerprint density at radius 2 is 1.50 bits per heavy atom. The van der Waals surface area contributed by atoms with Crippen LogP contribution >= 0.6 is 0 Å². The average molecular weight is 402 g/mol. The molecule has 0 rings (SSSR count). The summed E-state index contributed by atoms with van der Waals surface area (Å²) in [4.78, 5) is 46.9. The predicted octanol–water partition coefficient (Wildman–Crippen LogP) is -1.40. The van der Waals surface area contributed by atoms with Crippen LogP contribution in [0.25, 0.3) is 0 Å². The van der Waals surface area contributed by atoms with Crippen LogP contribution in [0.15, 0.2) is 0 Å². The molecule has 3 atom stereocenters. The number of hydrogen-bond acceptors (Lipinski definition) is 6. The van der Waals surface area contributed by atoms with Crippen LogP contribution < -0.4 is 33.2 Å². The second-order valence-corrected chi connectivity index (χ2v) is 6.95. The molecule has 0 aromatic carbocycles. The van der Waals surface area contributed by atoms with E-state index in [1.54, 1.807) is 13.8 Å². The predicted molar refractivity (Wildman–Crippen MR) is 104 cm³/mol. The van der Waals surface area contributed by atoms with Crippen molar-refractivity contribution in [3.05, 3.63) is 0 Å². The first-order chi connectivity index (χ1) is 13.1. The van der Waals surface area contributed by atoms with Gasteiger partial charge in [-0.2, -0.15) is 0 Å². The first-order valence-electron chi connectivity index (χ1n) is 9.42. The lowest BCUT2D eigenvalue weighted by molar-refractivity contribution is -0.142. The molecule has 0 aliphatic rings. The largest absolute Gasteiger partial charge is 0.480 e. The first-order valence-corrected chi connectivity index (χ1v) is 9.42. The SMILES string of the molecule is CC(C)C(N)C(=O)N[C@@H](CCCNC(N)=O)C(=O)N[C@@H](CCCCN)C(=O)O. The van der Waals surface area contributed by atoms with Gasteiger partial charge in [-0.1, -0.05) is 13.8 Å². The van der Waals surface area contributed by atoms with Crippen LogP contribution in [0.5, 0.6) is 0 Å². The topological polar surface area (TPSA) is 203 Å². The molecule has 162 valence electrons. The molecule has 0 aliphatic carbocycles. The van der Waals surface area contributed by atoms with Crippen molar-refractivity contribution in [3.63, 3.8) is 0 Å². The van der Waals surface area contributed by atoms with Crippen molar-refractivity contribution in [3.8, 4) is 0 Å². The lowest BCUT2D eigenvalue weighted by Crippen LogP contribution is -2.55. The molecule has 0 aromatic rings. The number of amides is 4. The molecule has 0 spiro atoms. The maximum Gasteiger partial charge on any atom is 0.326 e. The number of nitrogens with one attached hydrogen (secondary N) is 3. The van der Waals surface area contributed by atoms with Gasteiger partial charge in [0.25, 0.3) is 0 Å². The molecular formula is C17H34N6O5. The van der Waals surface area contributed by atoms with Gasteiger partial charge in [0.2, 0.25) is 11.8 Å². The number of carbonyl (C=O) groups excluding carboxylic acids is 3. The van der Waals surface area contributed by atoms with E-state index < -0.39 is 41.9 Å². The Morgan fingerprint density at radius 3 is 2.00 bits per heavy atom. The van der Waals surface area contributed by atoms with E-state index in [1.807, 2.05) is 0 Å². The molecule has 0 heterocycles. The number of carboxylic acid groups (broad SMARTS) is 1. The zero-order chi connectivity index (χ0) is 21.7. The summed E-state index contributed by atoms with van der Waals surface area (Å²) < 4.78 is 0. The van der Waals surface area contributed by atoms with E-state index in [1.165, 1.54) is 0 Å². The summed E-state index contributed by atoms with van der Waals surface area (Å²) in [5, 5.41) is 16.7. The van der Waals surface area contributed by atoms with E-state index in [9.17, 15) is 24.3 Å². The Hall–Kier alpha value is -2.40. The fraction of sp³-hybridized carbons (Fsp3) is 0.765. The van der Waals surface area contributed by atoms with E-state index in [0.717, 1.165) is 0 Å². The molecule has 0 saturated heterocycles. The number of primary amides is 1. The van der Waals surface area contributed by atoms with Crippen LogP contribution in [0.4, 0.5) is 4.79 Å². The zero-order valence-electron chi connectivity index (χ0n) is 16.6. The van der Waals surface area contributed by atoms with Crippen molar-refractivity contribution in [2.24, 2.45) is 23.1 Å². The fourth-order valence-corrected chi connectivity index (χ4v) is 2.38. The molecule has 11 nitrogen and oxygen atoms in total. The number of carboxylic acids is 1. The number of rotatable bonds is 14. The second kappa shape index (κ2) is 13.7. The normalized spacial score (nSPS) is 14.0. The molecule has 0 radical (unpaired) electrons. The molecule has 0 saturated carbocycles. The van der Waals surface area contributed by atoms with Crippen molar-refractivity contribution < 1.29 is 24.3 Å². The van der Waals surface area contributed by atoms with E-state index in [2.05, 4.69) is 16.0 Å².